The van der Waals surface area contributed by atoms with E-state index in [1.54, 1.807) is 6.07 Å². The van der Waals surface area contributed by atoms with Crippen molar-refractivity contribution in [2.45, 2.75) is 12.5 Å². The molecule has 3 amide bonds. The van der Waals surface area contributed by atoms with Gasteiger partial charge in [-0.25, -0.2) is 4.79 Å². The number of fused-ring (bicyclic) bond motifs is 1. The van der Waals surface area contributed by atoms with Crippen LogP contribution in [-0.4, -0.2) is 18.5 Å². The van der Waals surface area contributed by atoms with Gasteiger partial charge in [-0.3, -0.25) is 10.1 Å². The van der Waals surface area contributed by atoms with Gasteiger partial charge < -0.3 is 10.1 Å². The summed E-state index contributed by atoms with van der Waals surface area (Å²) in [5.74, 6) is 0.567. The molecule has 1 saturated heterocycles. The van der Waals surface area contributed by atoms with Crippen LogP contribution in [0.15, 0.2) is 18.2 Å². The minimum Gasteiger partial charge on any atom is -0.493 e. The molecule has 82 valence electrons. The van der Waals surface area contributed by atoms with Gasteiger partial charge in [-0.05, 0) is 23.3 Å². The Morgan fingerprint density at radius 1 is 1.31 bits per heavy atom. The first-order chi connectivity index (χ1) is 7.74. The number of benzene rings is 1. The highest BCUT2D eigenvalue weighted by molar-refractivity contribution is 6.04. The van der Waals surface area contributed by atoms with E-state index in [1.807, 2.05) is 12.1 Å². The lowest BCUT2D eigenvalue weighted by Gasteiger charge is -2.08. The molecule has 0 spiro atoms. The van der Waals surface area contributed by atoms with Crippen LogP contribution in [0.25, 0.3) is 0 Å². The van der Waals surface area contributed by atoms with E-state index >= 15 is 0 Å². The fourth-order valence-corrected chi connectivity index (χ4v) is 2.04. The Kier molecular flexibility index (Phi) is 1.86. The molecule has 0 aliphatic carbocycles. The van der Waals surface area contributed by atoms with Crippen molar-refractivity contribution in [3.63, 3.8) is 0 Å². The van der Waals surface area contributed by atoms with Gasteiger partial charge in [0.1, 0.15) is 11.8 Å². The van der Waals surface area contributed by atoms with E-state index in [0.717, 1.165) is 23.3 Å². The second-order valence-electron chi connectivity index (χ2n) is 3.86. The van der Waals surface area contributed by atoms with Gasteiger partial charge in [-0.15, -0.1) is 0 Å². The molecule has 2 aliphatic rings. The molecule has 1 aromatic carbocycles. The largest absolute Gasteiger partial charge is 0.493 e. The predicted molar refractivity (Wildman–Crippen MR) is 55.1 cm³/mol. The van der Waals surface area contributed by atoms with Gasteiger partial charge in [0.05, 0.1) is 6.61 Å². The number of ether oxygens (including phenoxy) is 1. The Morgan fingerprint density at radius 3 is 2.94 bits per heavy atom. The van der Waals surface area contributed by atoms with E-state index in [-0.39, 0.29) is 5.91 Å². The molecule has 1 fully saturated rings. The molecule has 2 heterocycles. The molecular formula is C11H10N2O3. The number of urea groups is 1. The van der Waals surface area contributed by atoms with Gasteiger partial charge >= 0.3 is 6.03 Å². The summed E-state index contributed by atoms with van der Waals surface area (Å²) in [5.41, 5.74) is 1.89. The number of nitrogens with one attached hydrogen (secondary N) is 2. The first kappa shape index (κ1) is 9.21. The molecule has 1 atom stereocenters. The molecule has 5 heteroatoms. The fraction of sp³-hybridized carbons (Fsp3) is 0.273. The standard InChI is InChI=1S/C11H10N2O3/c14-10-9(12-11(15)13-10)7-1-2-8-6(5-7)3-4-16-8/h1-2,5,9H,3-4H2,(H2,12,13,14,15)/t9-/m1/s1. The van der Waals surface area contributed by atoms with Crippen LogP contribution in [0.5, 0.6) is 5.75 Å². The number of carbonyl (C=O) groups is 2. The summed E-state index contributed by atoms with van der Waals surface area (Å²) in [5, 5.41) is 4.78. The van der Waals surface area contributed by atoms with Crippen LogP contribution >= 0.6 is 0 Å². The molecule has 5 nitrogen and oxygen atoms in total. The van der Waals surface area contributed by atoms with Crippen LogP contribution in [-0.2, 0) is 11.2 Å². The van der Waals surface area contributed by atoms with Crippen molar-refractivity contribution in [2.75, 3.05) is 6.61 Å². The number of carbonyl (C=O) groups excluding carboxylic acids is 2. The number of hydrogen-bond donors (Lipinski definition) is 2. The highest BCUT2D eigenvalue weighted by atomic mass is 16.5. The molecular weight excluding hydrogens is 208 g/mol. The molecule has 0 bridgehead atoms. The van der Waals surface area contributed by atoms with E-state index in [1.165, 1.54) is 0 Å². The zero-order valence-corrected chi connectivity index (χ0v) is 8.45. The highest BCUT2D eigenvalue weighted by Crippen LogP contribution is 2.28. The molecule has 0 aromatic heterocycles. The average molecular weight is 218 g/mol. The third-order valence-electron chi connectivity index (χ3n) is 2.82. The van der Waals surface area contributed by atoms with Crippen LogP contribution in [0.4, 0.5) is 4.79 Å². The van der Waals surface area contributed by atoms with Gasteiger partial charge in [0.15, 0.2) is 0 Å². The highest BCUT2D eigenvalue weighted by Gasteiger charge is 2.31. The fourth-order valence-electron chi connectivity index (χ4n) is 2.04. The molecule has 0 saturated carbocycles. The summed E-state index contributed by atoms with van der Waals surface area (Å²) >= 11 is 0. The molecule has 0 unspecified atom stereocenters. The van der Waals surface area contributed by atoms with Crippen LogP contribution in [0, 0.1) is 0 Å². The number of imide groups is 1. The maximum atomic E-state index is 11.5. The van der Waals surface area contributed by atoms with Crippen LogP contribution in [0.3, 0.4) is 0 Å². The predicted octanol–water partition coefficient (Wildman–Crippen LogP) is 0.502. The third kappa shape index (κ3) is 1.32. The van der Waals surface area contributed by atoms with Crippen LogP contribution in [0.2, 0.25) is 0 Å². The minimum atomic E-state index is -0.571. The Morgan fingerprint density at radius 2 is 2.19 bits per heavy atom. The minimum absolute atomic E-state index is 0.302. The van der Waals surface area contributed by atoms with Gasteiger partial charge in [0, 0.05) is 6.42 Å². The summed E-state index contributed by atoms with van der Waals surface area (Å²) in [6.45, 7) is 0.683. The first-order valence-corrected chi connectivity index (χ1v) is 5.11. The SMILES string of the molecule is O=C1NC(=O)[C@@H](c2ccc3c(c2)CCO3)N1. The van der Waals surface area contributed by atoms with Crippen molar-refractivity contribution in [2.24, 2.45) is 0 Å². The lowest BCUT2D eigenvalue weighted by Crippen LogP contribution is -2.22. The quantitative estimate of drug-likeness (QED) is 0.674. The Bertz CT molecular complexity index is 484. The van der Waals surface area contributed by atoms with Gasteiger partial charge in [0.25, 0.3) is 5.91 Å². The second-order valence-corrected chi connectivity index (χ2v) is 3.86. The average Bonchev–Trinajstić information content (AvgIpc) is 2.83. The van der Waals surface area contributed by atoms with Gasteiger partial charge in [-0.2, -0.15) is 0 Å². The molecule has 1 aromatic rings. The summed E-state index contributed by atoms with van der Waals surface area (Å²) in [4.78, 5) is 22.5. The monoisotopic (exact) mass is 218 g/mol. The Hall–Kier alpha value is -2.04. The lowest BCUT2D eigenvalue weighted by molar-refractivity contribution is -0.120. The van der Waals surface area contributed by atoms with Crippen LogP contribution < -0.4 is 15.4 Å². The van der Waals surface area contributed by atoms with Crippen molar-refractivity contribution in [1.29, 1.82) is 0 Å². The molecule has 2 N–H and O–H groups in total. The zero-order chi connectivity index (χ0) is 11.1. The van der Waals surface area contributed by atoms with E-state index in [2.05, 4.69) is 10.6 Å². The molecule has 2 aliphatic heterocycles. The normalized spacial score (nSPS) is 22.4. The van der Waals surface area contributed by atoms with Crippen LogP contribution in [0.1, 0.15) is 17.2 Å². The van der Waals surface area contributed by atoms with Crippen molar-refractivity contribution in [3.05, 3.63) is 29.3 Å². The smallest absolute Gasteiger partial charge is 0.322 e. The second kappa shape index (κ2) is 3.23. The zero-order valence-electron chi connectivity index (χ0n) is 8.45. The first-order valence-electron chi connectivity index (χ1n) is 5.11. The molecule has 3 rings (SSSR count). The maximum absolute atomic E-state index is 11.5. The van der Waals surface area contributed by atoms with Crippen molar-refractivity contribution >= 4 is 11.9 Å². The molecule has 16 heavy (non-hydrogen) atoms. The van der Waals surface area contributed by atoms with E-state index < -0.39 is 12.1 Å². The Balaban J connectivity index is 1.95. The van der Waals surface area contributed by atoms with E-state index in [9.17, 15) is 9.59 Å². The van der Waals surface area contributed by atoms with E-state index in [4.69, 9.17) is 4.74 Å². The summed E-state index contributed by atoms with van der Waals surface area (Å²) in [6.07, 6.45) is 0.853. The Labute approximate surface area is 91.8 Å². The van der Waals surface area contributed by atoms with Gasteiger partial charge in [-0.1, -0.05) is 6.07 Å². The number of amides is 3. The lowest BCUT2D eigenvalue weighted by atomic mass is 10.0. The van der Waals surface area contributed by atoms with Crippen molar-refractivity contribution < 1.29 is 14.3 Å². The topological polar surface area (TPSA) is 67.4 Å². The van der Waals surface area contributed by atoms with Gasteiger partial charge in [0.2, 0.25) is 0 Å². The van der Waals surface area contributed by atoms with E-state index in [0.29, 0.717) is 6.61 Å². The maximum Gasteiger partial charge on any atom is 0.322 e. The summed E-state index contributed by atoms with van der Waals surface area (Å²) < 4.78 is 5.38. The third-order valence-corrected chi connectivity index (χ3v) is 2.82. The summed E-state index contributed by atoms with van der Waals surface area (Å²) in [7, 11) is 0. The van der Waals surface area contributed by atoms with Crippen molar-refractivity contribution in [3.8, 4) is 5.75 Å². The molecule has 0 radical (unpaired) electrons. The number of rotatable bonds is 1. The van der Waals surface area contributed by atoms with Crippen molar-refractivity contribution in [1.82, 2.24) is 10.6 Å². The number of hydrogen-bond acceptors (Lipinski definition) is 3. The summed E-state index contributed by atoms with van der Waals surface area (Å²) in [6, 6.07) is 4.55.